The van der Waals surface area contributed by atoms with Crippen molar-refractivity contribution in [1.29, 1.82) is 0 Å². The lowest BCUT2D eigenvalue weighted by atomic mass is 9.36. The van der Waals surface area contributed by atoms with Gasteiger partial charge in [0.2, 0.25) is 0 Å². The first-order chi connectivity index (χ1) is 17.5. The van der Waals surface area contributed by atoms with Crippen LogP contribution in [-0.4, -0.2) is 26.5 Å². The molecular formula is C24H18BF9O3. The van der Waals surface area contributed by atoms with Gasteiger partial charge in [0.05, 0.1) is 19.8 Å². The van der Waals surface area contributed by atoms with Gasteiger partial charge in [-0.3, -0.25) is 0 Å². The lowest BCUT2D eigenvalue weighted by Crippen LogP contribution is -2.59. The molecule has 0 aromatic heterocycles. The van der Waals surface area contributed by atoms with Gasteiger partial charge in [-0.2, -0.15) is 0 Å². The molecule has 0 aliphatic carbocycles. The Morgan fingerprint density at radius 3 is 0.919 bits per heavy atom. The summed E-state index contributed by atoms with van der Waals surface area (Å²) in [6, 6.07) is 0.758. The van der Waals surface area contributed by atoms with Gasteiger partial charge in [-0.15, -0.1) is 0 Å². The Kier molecular flexibility index (Phi) is 8.55. The summed E-state index contributed by atoms with van der Waals surface area (Å²) in [5, 5.41) is 0. The third kappa shape index (κ3) is 5.03. The molecule has 0 N–H and O–H groups in total. The number of rotatable bonds is 9. The van der Waals surface area contributed by atoms with Crippen molar-refractivity contribution in [3.63, 3.8) is 0 Å². The van der Waals surface area contributed by atoms with Crippen LogP contribution in [0.2, 0.25) is 0 Å². The minimum absolute atomic E-state index is 0.253. The summed E-state index contributed by atoms with van der Waals surface area (Å²) in [6.45, 7) is 0.121. The topological polar surface area (TPSA) is 27.7 Å². The van der Waals surface area contributed by atoms with E-state index in [1.165, 1.54) is 20.8 Å². The monoisotopic (exact) mass is 536 g/mol. The molecule has 0 atom stereocenters. The van der Waals surface area contributed by atoms with E-state index >= 15 is 26.3 Å². The van der Waals surface area contributed by atoms with Crippen LogP contribution in [0.1, 0.15) is 20.8 Å². The number of hydrogen-bond acceptors (Lipinski definition) is 3. The minimum atomic E-state index is -2.96. The highest BCUT2D eigenvalue weighted by molar-refractivity contribution is 6.96. The van der Waals surface area contributed by atoms with Gasteiger partial charge >= 0.3 is 0 Å². The normalized spacial score (nSPS) is 11.0. The summed E-state index contributed by atoms with van der Waals surface area (Å²) in [5.41, 5.74) is -5.04. The fraction of sp³-hybridized carbons (Fsp3) is 0.250. The van der Waals surface area contributed by atoms with Crippen LogP contribution in [0.4, 0.5) is 39.5 Å². The first-order valence-electron chi connectivity index (χ1n) is 10.9. The van der Waals surface area contributed by atoms with Crippen LogP contribution >= 0.6 is 0 Å². The summed E-state index contributed by atoms with van der Waals surface area (Å²) in [4.78, 5) is 0. The molecule has 0 amide bonds. The molecule has 3 aromatic carbocycles. The van der Waals surface area contributed by atoms with Crippen molar-refractivity contribution in [2.75, 3.05) is 19.8 Å². The first-order valence-corrected chi connectivity index (χ1v) is 10.9. The molecule has 0 bridgehead atoms. The van der Waals surface area contributed by atoms with E-state index < -0.39 is 92.7 Å². The standard InChI is InChI=1S/C24H18BF9O3/c1-4-35-13-7-10(26)19(29)16(22(13)32)25(17-20(30)11(27)8-14(23(17)33)36-5-2)18-21(31)12(28)9-15(24(18)34)37-6-3/h7-9H,4-6H2,1-3H3. The fourth-order valence-electron chi connectivity index (χ4n) is 3.77. The fourth-order valence-corrected chi connectivity index (χ4v) is 3.77. The third-order valence-electron chi connectivity index (χ3n) is 5.24. The molecule has 0 spiro atoms. The van der Waals surface area contributed by atoms with Gasteiger partial charge in [0.25, 0.3) is 6.71 Å². The predicted molar refractivity (Wildman–Crippen MR) is 117 cm³/mol. The van der Waals surface area contributed by atoms with Crippen molar-refractivity contribution in [2.45, 2.75) is 20.8 Å². The van der Waals surface area contributed by atoms with E-state index in [0.29, 0.717) is 0 Å². The van der Waals surface area contributed by atoms with Gasteiger partial charge in [0, 0.05) is 34.6 Å². The summed E-state index contributed by atoms with van der Waals surface area (Å²) in [7, 11) is 0. The average molecular weight is 536 g/mol. The molecule has 3 rings (SSSR count). The molecule has 13 heteroatoms. The average Bonchev–Trinajstić information content (AvgIpc) is 2.84. The summed E-state index contributed by atoms with van der Waals surface area (Å²) >= 11 is 0. The summed E-state index contributed by atoms with van der Waals surface area (Å²) < 4.78 is 150. The molecule has 0 heterocycles. The molecule has 198 valence electrons. The summed E-state index contributed by atoms with van der Waals surface area (Å²) in [6.07, 6.45) is 0. The molecule has 0 fully saturated rings. The van der Waals surface area contributed by atoms with Gasteiger partial charge < -0.3 is 14.2 Å². The first kappa shape index (κ1) is 28.1. The van der Waals surface area contributed by atoms with Crippen LogP contribution < -0.4 is 30.6 Å². The Hall–Kier alpha value is -3.51. The van der Waals surface area contributed by atoms with Crippen LogP contribution in [0.15, 0.2) is 18.2 Å². The van der Waals surface area contributed by atoms with Crippen LogP contribution in [0.5, 0.6) is 17.2 Å². The largest absolute Gasteiger partial charge is 0.491 e. The van der Waals surface area contributed by atoms with E-state index in [2.05, 4.69) is 0 Å². The van der Waals surface area contributed by atoms with Gasteiger partial charge in [-0.1, -0.05) is 0 Å². The van der Waals surface area contributed by atoms with E-state index in [4.69, 9.17) is 14.2 Å². The maximum Gasteiger partial charge on any atom is 0.265 e. The Bertz CT molecular complexity index is 1170. The zero-order valence-electron chi connectivity index (χ0n) is 19.6. The lowest BCUT2D eigenvalue weighted by Gasteiger charge is -2.23. The molecule has 0 radical (unpaired) electrons. The van der Waals surface area contributed by atoms with Crippen molar-refractivity contribution in [3.8, 4) is 17.2 Å². The lowest BCUT2D eigenvalue weighted by molar-refractivity contribution is 0.317. The highest BCUT2D eigenvalue weighted by Crippen LogP contribution is 2.26. The van der Waals surface area contributed by atoms with Crippen molar-refractivity contribution < 1.29 is 53.7 Å². The van der Waals surface area contributed by atoms with E-state index in [9.17, 15) is 13.2 Å². The number of ether oxygens (including phenoxy) is 3. The van der Waals surface area contributed by atoms with Crippen molar-refractivity contribution in [1.82, 2.24) is 0 Å². The maximum atomic E-state index is 15.5. The van der Waals surface area contributed by atoms with Crippen molar-refractivity contribution >= 4 is 23.1 Å². The number of hydrogen-bond donors (Lipinski definition) is 0. The Morgan fingerprint density at radius 2 is 0.703 bits per heavy atom. The van der Waals surface area contributed by atoms with Crippen LogP contribution in [0.3, 0.4) is 0 Å². The van der Waals surface area contributed by atoms with Crippen molar-refractivity contribution in [3.05, 3.63) is 70.6 Å². The molecule has 3 nitrogen and oxygen atoms in total. The van der Waals surface area contributed by atoms with Gasteiger partial charge in [0.1, 0.15) is 0 Å². The second-order valence-corrected chi connectivity index (χ2v) is 7.43. The van der Waals surface area contributed by atoms with E-state index in [1.54, 1.807) is 0 Å². The van der Waals surface area contributed by atoms with E-state index in [1.807, 2.05) is 0 Å². The Morgan fingerprint density at radius 1 is 0.459 bits per heavy atom. The highest BCUT2D eigenvalue weighted by atomic mass is 19.2. The molecule has 0 aliphatic heterocycles. The zero-order valence-corrected chi connectivity index (χ0v) is 19.6. The quantitative estimate of drug-likeness (QED) is 0.227. The second-order valence-electron chi connectivity index (χ2n) is 7.43. The third-order valence-corrected chi connectivity index (χ3v) is 5.24. The number of halogens is 9. The van der Waals surface area contributed by atoms with Crippen LogP contribution in [-0.2, 0) is 0 Å². The highest BCUT2D eigenvalue weighted by Gasteiger charge is 2.42. The van der Waals surface area contributed by atoms with Gasteiger partial charge in [-0.05, 0) is 20.8 Å². The van der Waals surface area contributed by atoms with Crippen LogP contribution in [0, 0.1) is 52.4 Å². The second kappa shape index (κ2) is 11.3. The minimum Gasteiger partial charge on any atom is -0.491 e. The molecule has 0 unspecified atom stereocenters. The van der Waals surface area contributed by atoms with E-state index in [0.717, 1.165) is 0 Å². The van der Waals surface area contributed by atoms with E-state index in [-0.39, 0.29) is 38.0 Å². The zero-order chi connectivity index (χ0) is 27.6. The maximum absolute atomic E-state index is 15.5. The van der Waals surface area contributed by atoms with Crippen LogP contribution in [0.25, 0.3) is 0 Å². The predicted octanol–water partition coefficient (Wildman–Crippen LogP) is 4.65. The van der Waals surface area contributed by atoms with Crippen molar-refractivity contribution in [2.24, 2.45) is 0 Å². The smallest absolute Gasteiger partial charge is 0.265 e. The number of benzene rings is 3. The van der Waals surface area contributed by atoms with Gasteiger partial charge in [-0.25, -0.2) is 39.5 Å². The Labute approximate surface area is 205 Å². The molecule has 0 aliphatic rings. The Balaban J connectivity index is 2.60. The molecule has 0 saturated carbocycles. The molecule has 0 saturated heterocycles. The van der Waals surface area contributed by atoms with Gasteiger partial charge in [0.15, 0.2) is 69.6 Å². The summed E-state index contributed by atoms with van der Waals surface area (Å²) in [5.74, 6) is -20.4. The molecule has 3 aromatic rings. The molecular weight excluding hydrogens is 518 g/mol. The SMILES string of the molecule is CCOc1cc(F)c(F)c(B(c2c(F)c(F)cc(OCC)c2F)c2c(F)c(F)cc(OCC)c2F)c1F. The molecule has 37 heavy (non-hydrogen) atoms.